The predicted molar refractivity (Wildman–Crippen MR) is 88.0 cm³/mol. The second-order valence-corrected chi connectivity index (χ2v) is 6.00. The molecule has 0 unspecified atom stereocenters. The molecule has 0 saturated carbocycles. The minimum atomic E-state index is 0.238. The first kappa shape index (κ1) is 15.1. The van der Waals surface area contributed by atoms with E-state index in [-0.39, 0.29) is 6.61 Å². The number of aliphatic hydroxyl groups excluding tert-OH is 1. The molecule has 0 bridgehead atoms. The first-order valence-electron chi connectivity index (χ1n) is 7.81. The molecular formula is C19H23NO2. The molecule has 3 rings (SSSR count). The summed E-state index contributed by atoms with van der Waals surface area (Å²) in [5.74, 6) is 1.57. The van der Waals surface area contributed by atoms with Crippen LogP contribution in [-0.2, 0) is 6.54 Å². The van der Waals surface area contributed by atoms with Crippen molar-refractivity contribution in [3.05, 3.63) is 65.7 Å². The number of likely N-dealkylation sites (tertiary alicyclic amines) is 1. The zero-order valence-corrected chi connectivity index (χ0v) is 13.0. The Morgan fingerprint density at radius 3 is 2.41 bits per heavy atom. The van der Waals surface area contributed by atoms with Crippen molar-refractivity contribution in [1.82, 2.24) is 4.90 Å². The Balaban J connectivity index is 1.71. The SMILES string of the molecule is COc1ccc([C@H]2CN(Cc3ccccc3)C[C@@H]2CO)cc1. The summed E-state index contributed by atoms with van der Waals surface area (Å²) < 4.78 is 5.23. The minimum Gasteiger partial charge on any atom is -0.497 e. The van der Waals surface area contributed by atoms with Gasteiger partial charge in [0.25, 0.3) is 0 Å². The first-order chi connectivity index (χ1) is 10.8. The van der Waals surface area contributed by atoms with E-state index < -0.39 is 0 Å². The topological polar surface area (TPSA) is 32.7 Å². The van der Waals surface area contributed by atoms with Gasteiger partial charge in [-0.15, -0.1) is 0 Å². The van der Waals surface area contributed by atoms with Gasteiger partial charge in [0.15, 0.2) is 0 Å². The monoisotopic (exact) mass is 297 g/mol. The van der Waals surface area contributed by atoms with Gasteiger partial charge >= 0.3 is 0 Å². The number of ether oxygens (including phenoxy) is 1. The van der Waals surface area contributed by atoms with Gasteiger partial charge in [0.2, 0.25) is 0 Å². The smallest absolute Gasteiger partial charge is 0.118 e. The van der Waals surface area contributed by atoms with Crippen LogP contribution in [0.15, 0.2) is 54.6 Å². The van der Waals surface area contributed by atoms with E-state index in [0.29, 0.717) is 11.8 Å². The normalized spacial score (nSPS) is 21.9. The van der Waals surface area contributed by atoms with E-state index in [1.807, 2.05) is 18.2 Å². The van der Waals surface area contributed by atoms with E-state index in [0.717, 1.165) is 25.4 Å². The molecule has 0 amide bonds. The molecule has 2 aromatic rings. The molecule has 2 atom stereocenters. The van der Waals surface area contributed by atoms with E-state index >= 15 is 0 Å². The van der Waals surface area contributed by atoms with Crippen molar-refractivity contribution in [2.24, 2.45) is 5.92 Å². The quantitative estimate of drug-likeness (QED) is 0.921. The van der Waals surface area contributed by atoms with Crippen molar-refractivity contribution in [1.29, 1.82) is 0 Å². The molecule has 2 aromatic carbocycles. The van der Waals surface area contributed by atoms with Crippen molar-refractivity contribution in [2.75, 3.05) is 26.8 Å². The second kappa shape index (κ2) is 6.95. The van der Waals surface area contributed by atoms with Crippen LogP contribution in [-0.4, -0.2) is 36.8 Å². The summed E-state index contributed by atoms with van der Waals surface area (Å²) in [4.78, 5) is 2.44. The second-order valence-electron chi connectivity index (χ2n) is 6.00. The van der Waals surface area contributed by atoms with Crippen LogP contribution in [0.2, 0.25) is 0 Å². The Bertz CT molecular complexity index is 582. The molecule has 0 radical (unpaired) electrons. The van der Waals surface area contributed by atoms with Crippen LogP contribution in [0, 0.1) is 5.92 Å². The highest BCUT2D eigenvalue weighted by atomic mass is 16.5. The highest BCUT2D eigenvalue weighted by Crippen LogP contribution is 2.33. The Morgan fingerprint density at radius 1 is 1.05 bits per heavy atom. The lowest BCUT2D eigenvalue weighted by molar-refractivity contribution is 0.214. The Hall–Kier alpha value is -1.84. The number of rotatable bonds is 5. The first-order valence-corrected chi connectivity index (χ1v) is 7.81. The fraction of sp³-hybridized carbons (Fsp3) is 0.368. The lowest BCUT2D eigenvalue weighted by Crippen LogP contribution is -2.20. The third kappa shape index (κ3) is 3.32. The maximum atomic E-state index is 9.73. The Morgan fingerprint density at radius 2 is 1.77 bits per heavy atom. The third-order valence-corrected chi connectivity index (χ3v) is 4.54. The Kier molecular flexibility index (Phi) is 4.76. The fourth-order valence-electron chi connectivity index (χ4n) is 3.35. The third-order valence-electron chi connectivity index (χ3n) is 4.54. The molecule has 1 heterocycles. The van der Waals surface area contributed by atoms with Gasteiger partial charge in [0, 0.05) is 38.1 Å². The maximum absolute atomic E-state index is 9.73. The summed E-state index contributed by atoms with van der Waals surface area (Å²) in [6.45, 7) is 3.13. The summed E-state index contributed by atoms with van der Waals surface area (Å²) in [6, 6.07) is 18.8. The molecule has 1 fully saturated rings. The molecule has 0 spiro atoms. The van der Waals surface area contributed by atoms with Crippen LogP contribution < -0.4 is 4.74 Å². The zero-order valence-electron chi connectivity index (χ0n) is 13.0. The molecule has 3 nitrogen and oxygen atoms in total. The van der Waals surface area contributed by atoms with Crippen LogP contribution >= 0.6 is 0 Å². The molecule has 3 heteroatoms. The molecule has 0 aromatic heterocycles. The average molecular weight is 297 g/mol. The number of aliphatic hydroxyl groups is 1. The van der Waals surface area contributed by atoms with Crippen molar-refractivity contribution < 1.29 is 9.84 Å². The molecule has 0 aliphatic carbocycles. The van der Waals surface area contributed by atoms with Gasteiger partial charge in [-0.25, -0.2) is 0 Å². The van der Waals surface area contributed by atoms with Crippen LogP contribution in [0.5, 0.6) is 5.75 Å². The summed E-state index contributed by atoms with van der Waals surface area (Å²) in [6.07, 6.45) is 0. The summed E-state index contributed by atoms with van der Waals surface area (Å²) in [5.41, 5.74) is 2.62. The van der Waals surface area contributed by atoms with Gasteiger partial charge in [0.1, 0.15) is 5.75 Å². The van der Waals surface area contributed by atoms with Gasteiger partial charge in [-0.1, -0.05) is 42.5 Å². The van der Waals surface area contributed by atoms with Crippen LogP contribution in [0.1, 0.15) is 17.0 Å². The van der Waals surface area contributed by atoms with E-state index in [1.165, 1.54) is 11.1 Å². The average Bonchev–Trinajstić information content (AvgIpc) is 2.99. The van der Waals surface area contributed by atoms with E-state index in [4.69, 9.17) is 4.74 Å². The standard InChI is InChI=1S/C19H23NO2/c1-22-18-9-7-16(8-10-18)19-13-20(12-17(19)14-21)11-15-5-3-2-4-6-15/h2-10,17,19,21H,11-14H2,1H3/t17-,19-/m1/s1. The summed E-state index contributed by atoms with van der Waals surface area (Å²) in [7, 11) is 1.68. The minimum absolute atomic E-state index is 0.238. The molecule has 1 saturated heterocycles. The van der Waals surface area contributed by atoms with E-state index in [9.17, 15) is 5.11 Å². The number of benzene rings is 2. The molecular weight excluding hydrogens is 274 g/mol. The van der Waals surface area contributed by atoms with Gasteiger partial charge < -0.3 is 9.84 Å². The summed E-state index contributed by atoms with van der Waals surface area (Å²) >= 11 is 0. The molecule has 22 heavy (non-hydrogen) atoms. The number of nitrogens with zero attached hydrogens (tertiary/aromatic N) is 1. The van der Waals surface area contributed by atoms with Crippen LogP contribution in [0.25, 0.3) is 0 Å². The van der Waals surface area contributed by atoms with Crippen LogP contribution in [0.3, 0.4) is 0 Å². The maximum Gasteiger partial charge on any atom is 0.118 e. The van der Waals surface area contributed by atoms with E-state index in [2.05, 4.69) is 41.3 Å². The van der Waals surface area contributed by atoms with Crippen molar-refractivity contribution in [3.63, 3.8) is 0 Å². The van der Waals surface area contributed by atoms with Gasteiger partial charge in [-0.2, -0.15) is 0 Å². The summed E-state index contributed by atoms with van der Waals surface area (Å²) in [5, 5.41) is 9.73. The zero-order chi connectivity index (χ0) is 15.4. The fourth-order valence-corrected chi connectivity index (χ4v) is 3.35. The van der Waals surface area contributed by atoms with Crippen molar-refractivity contribution >= 4 is 0 Å². The highest BCUT2D eigenvalue weighted by Gasteiger charge is 2.33. The molecule has 1 aliphatic rings. The number of hydrogen-bond donors (Lipinski definition) is 1. The number of hydrogen-bond acceptors (Lipinski definition) is 3. The van der Waals surface area contributed by atoms with Crippen molar-refractivity contribution in [2.45, 2.75) is 12.5 Å². The van der Waals surface area contributed by atoms with Crippen molar-refractivity contribution in [3.8, 4) is 5.75 Å². The highest BCUT2D eigenvalue weighted by molar-refractivity contribution is 5.31. The molecule has 116 valence electrons. The molecule has 1 aliphatic heterocycles. The predicted octanol–water partition coefficient (Wildman–Crippen LogP) is 2.90. The van der Waals surface area contributed by atoms with E-state index in [1.54, 1.807) is 7.11 Å². The largest absolute Gasteiger partial charge is 0.497 e. The number of methoxy groups -OCH3 is 1. The molecule has 1 N–H and O–H groups in total. The lowest BCUT2D eigenvalue weighted by Gasteiger charge is -2.17. The van der Waals surface area contributed by atoms with Gasteiger partial charge in [0.05, 0.1) is 7.11 Å². The van der Waals surface area contributed by atoms with Gasteiger partial charge in [-0.05, 0) is 23.3 Å². The lowest BCUT2D eigenvalue weighted by atomic mass is 9.89. The van der Waals surface area contributed by atoms with Crippen LogP contribution in [0.4, 0.5) is 0 Å². The van der Waals surface area contributed by atoms with Gasteiger partial charge in [-0.3, -0.25) is 4.90 Å². The Labute approximate surface area is 132 Å².